The van der Waals surface area contributed by atoms with Gasteiger partial charge in [0.05, 0.1) is 19.8 Å². The van der Waals surface area contributed by atoms with Crippen molar-refractivity contribution in [3.63, 3.8) is 0 Å². The number of ether oxygens (including phenoxy) is 1. The average molecular weight is 239 g/mol. The van der Waals surface area contributed by atoms with E-state index >= 15 is 0 Å². The van der Waals surface area contributed by atoms with Gasteiger partial charge in [0.1, 0.15) is 5.82 Å². The summed E-state index contributed by atoms with van der Waals surface area (Å²) < 4.78 is 7.16. The predicted molar refractivity (Wildman–Crippen MR) is 61.0 cm³/mol. The molecule has 0 radical (unpaired) electrons. The van der Waals surface area contributed by atoms with Crippen molar-refractivity contribution in [2.75, 3.05) is 26.3 Å². The third-order valence-electron chi connectivity index (χ3n) is 2.89. The number of imidazole rings is 1. The zero-order chi connectivity index (χ0) is 12.3. The molecule has 0 unspecified atom stereocenters. The summed E-state index contributed by atoms with van der Waals surface area (Å²) in [6.45, 7) is 6.62. The summed E-state index contributed by atoms with van der Waals surface area (Å²) in [5.41, 5.74) is 0.120. The minimum atomic E-state index is -0.972. The highest BCUT2D eigenvalue weighted by molar-refractivity contribution is 5.85. The van der Waals surface area contributed by atoms with Crippen LogP contribution in [-0.4, -0.2) is 51.8 Å². The highest BCUT2D eigenvalue weighted by Crippen LogP contribution is 2.08. The molecule has 0 atom stereocenters. The number of aromatic nitrogens is 2. The van der Waals surface area contributed by atoms with E-state index in [-0.39, 0.29) is 5.69 Å². The molecule has 6 heteroatoms. The zero-order valence-electron chi connectivity index (χ0n) is 9.93. The highest BCUT2D eigenvalue weighted by atomic mass is 16.5. The van der Waals surface area contributed by atoms with E-state index in [2.05, 4.69) is 9.88 Å². The first-order valence-corrected chi connectivity index (χ1v) is 5.80. The summed E-state index contributed by atoms with van der Waals surface area (Å²) in [6.07, 6.45) is 1.60. The molecule has 1 saturated heterocycles. The number of carbonyl (C=O) groups is 1. The third kappa shape index (κ3) is 2.83. The van der Waals surface area contributed by atoms with E-state index in [4.69, 9.17) is 9.84 Å². The van der Waals surface area contributed by atoms with Gasteiger partial charge in [-0.15, -0.1) is 0 Å². The van der Waals surface area contributed by atoms with Crippen molar-refractivity contribution in [3.8, 4) is 0 Å². The number of morpholine rings is 1. The molecule has 1 aliphatic heterocycles. The Bertz CT molecular complexity index is 397. The molecule has 1 aromatic heterocycles. The number of aromatic carboxylic acids is 1. The van der Waals surface area contributed by atoms with E-state index in [0.29, 0.717) is 6.54 Å². The molecule has 17 heavy (non-hydrogen) atoms. The largest absolute Gasteiger partial charge is 0.476 e. The summed E-state index contributed by atoms with van der Waals surface area (Å²) >= 11 is 0. The van der Waals surface area contributed by atoms with Crippen molar-refractivity contribution in [1.82, 2.24) is 14.5 Å². The minimum absolute atomic E-state index is 0.120. The molecule has 0 aromatic carbocycles. The van der Waals surface area contributed by atoms with Crippen molar-refractivity contribution >= 4 is 5.97 Å². The SMILES string of the molecule is CCn1cc(C(=O)O)nc1CN1CCOCC1. The Labute approximate surface area is 99.8 Å². The summed E-state index contributed by atoms with van der Waals surface area (Å²) in [7, 11) is 0. The topological polar surface area (TPSA) is 67.6 Å². The van der Waals surface area contributed by atoms with Crippen molar-refractivity contribution in [2.45, 2.75) is 20.0 Å². The van der Waals surface area contributed by atoms with Crippen LogP contribution in [0.5, 0.6) is 0 Å². The fraction of sp³-hybridized carbons (Fsp3) is 0.636. The van der Waals surface area contributed by atoms with E-state index in [1.165, 1.54) is 0 Å². The Morgan fingerprint density at radius 1 is 1.53 bits per heavy atom. The Balaban J connectivity index is 2.10. The van der Waals surface area contributed by atoms with Crippen molar-refractivity contribution in [1.29, 1.82) is 0 Å². The zero-order valence-corrected chi connectivity index (χ0v) is 9.93. The molecule has 2 heterocycles. The maximum Gasteiger partial charge on any atom is 0.356 e. The number of hydrogen-bond donors (Lipinski definition) is 1. The van der Waals surface area contributed by atoms with Crippen LogP contribution < -0.4 is 0 Å². The number of carboxylic acids is 1. The summed E-state index contributed by atoms with van der Waals surface area (Å²) in [4.78, 5) is 17.2. The second-order valence-corrected chi connectivity index (χ2v) is 4.02. The lowest BCUT2D eigenvalue weighted by molar-refractivity contribution is 0.0325. The van der Waals surface area contributed by atoms with E-state index < -0.39 is 5.97 Å². The van der Waals surface area contributed by atoms with Crippen LogP contribution in [0, 0.1) is 0 Å². The lowest BCUT2D eigenvalue weighted by atomic mass is 10.4. The monoisotopic (exact) mass is 239 g/mol. The van der Waals surface area contributed by atoms with Crippen molar-refractivity contribution < 1.29 is 14.6 Å². The maximum atomic E-state index is 10.9. The lowest BCUT2D eigenvalue weighted by Gasteiger charge is -2.26. The van der Waals surface area contributed by atoms with Gasteiger partial charge in [0.25, 0.3) is 0 Å². The first-order chi connectivity index (χ1) is 8.20. The molecule has 94 valence electrons. The molecule has 6 nitrogen and oxygen atoms in total. The van der Waals surface area contributed by atoms with Crippen molar-refractivity contribution in [2.24, 2.45) is 0 Å². The summed E-state index contributed by atoms with van der Waals surface area (Å²) in [5, 5.41) is 8.91. The quantitative estimate of drug-likeness (QED) is 0.825. The Kier molecular flexibility index (Phi) is 3.75. The van der Waals surface area contributed by atoms with Gasteiger partial charge >= 0.3 is 5.97 Å². The van der Waals surface area contributed by atoms with Gasteiger partial charge in [-0.3, -0.25) is 4.90 Å². The highest BCUT2D eigenvalue weighted by Gasteiger charge is 2.16. The first kappa shape index (κ1) is 12.1. The molecule has 1 aromatic rings. The third-order valence-corrected chi connectivity index (χ3v) is 2.89. The van der Waals surface area contributed by atoms with Crippen LogP contribution in [0.25, 0.3) is 0 Å². The van der Waals surface area contributed by atoms with Gasteiger partial charge in [-0.1, -0.05) is 0 Å². The van der Waals surface area contributed by atoms with Crippen LogP contribution >= 0.6 is 0 Å². The van der Waals surface area contributed by atoms with E-state index in [1.807, 2.05) is 11.5 Å². The number of aryl methyl sites for hydroxylation is 1. The minimum Gasteiger partial charge on any atom is -0.476 e. The molecule has 0 aliphatic carbocycles. The fourth-order valence-electron chi connectivity index (χ4n) is 1.92. The number of carboxylic acid groups (broad SMARTS) is 1. The van der Waals surface area contributed by atoms with Crippen LogP contribution in [0.4, 0.5) is 0 Å². The normalized spacial score (nSPS) is 17.2. The Morgan fingerprint density at radius 3 is 2.82 bits per heavy atom. The average Bonchev–Trinajstić information content (AvgIpc) is 2.74. The fourth-order valence-corrected chi connectivity index (χ4v) is 1.92. The molecule has 0 spiro atoms. The van der Waals surface area contributed by atoms with Crippen LogP contribution in [-0.2, 0) is 17.8 Å². The Morgan fingerprint density at radius 2 is 2.24 bits per heavy atom. The summed E-state index contributed by atoms with van der Waals surface area (Å²) in [5.74, 6) is -0.160. The number of nitrogens with zero attached hydrogens (tertiary/aromatic N) is 3. The van der Waals surface area contributed by atoms with E-state index in [0.717, 1.165) is 38.7 Å². The second kappa shape index (κ2) is 5.29. The molecule has 0 bridgehead atoms. The molecular weight excluding hydrogens is 222 g/mol. The molecule has 0 amide bonds. The number of hydrogen-bond acceptors (Lipinski definition) is 4. The van der Waals surface area contributed by atoms with Gasteiger partial charge < -0.3 is 14.4 Å². The second-order valence-electron chi connectivity index (χ2n) is 4.02. The lowest BCUT2D eigenvalue weighted by Crippen LogP contribution is -2.36. The summed E-state index contributed by atoms with van der Waals surface area (Å²) in [6, 6.07) is 0. The van der Waals surface area contributed by atoms with Crippen LogP contribution in [0.2, 0.25) is 0 Å². The standard InChI is InChI=1S/C11H17N3O3/c1-2-14-7-9(11(15)16)12-10(14)8-13-3-5-17-6-4-13/h7H,2-6,8H2,1H3,(H,15,16). The molecule has 1 aliphatic rings. The maximum absolute atomic E-state index is 10.9. The Hall–Kier alpha value is -1.40. The smallest absolute Gasteiger partial charge is 0.356 e. The van der Waals surface area contributed by atoms with Crippen LogP contribution in [0.1, 0.15) is 23.2 Å². The molecular formula is C11H17N3O3. The van der Waals surface area contributed by atoms with Gasteiger partial charge in [-0.25, -0.2) is 9.78 Å². The van der Waals surface area contributed by atoms with Gasteiger partial charge in [-0.05, 0) is 6.92 Å². The molecule has 1 fully saturated rings. The first-order valence-electron chi connectivity index (χ1n) is 5.80. The molecule has 2 rings (SSSR count). The number of rotatable bonds is 4. The molecule has 1 N–H and O–H groups in total. The van der Waals surface area contributed by atoms with Gasteiger partial charge in [-0.2, -0.15) is 0 Å². The van der Waals surface area contributed by atoms with Crippen LogP contribution in [0.3, 0.4) is 0 Å². The van der Waals surface area contributed by atoms with Crippen molar-refractivity contribution in [3.05, 3.63) is 17.7 Å². The van der Waals surface area contributed by atoms with Gasteiger partial charge in [0, 0.05) is 25.8 Å². The van der Waals surface area contributed by atoms with E-state index in [9.17, 15) is 4.79 Å². The van der Waals surface area contributed by atoms with Gasteiger partial charge in [0.2, 0.25) is 0 Å². The predicted octanol–water partition coefficient (Wildman–Crippen LogP) is 0.433. The van der Waals surface area contributed by atoms with Crippen LogP contribution in [0.15, 0.2) is 6.20 Å². The van der Waals surface area contributed by atoms with Gasteiger partial charge in [0.15, 0.2) is 5.69 Å². The molecule has 0 saturated carbocycles. The van der Waals surface area contributed by atoms with E-state index in [1.54, 1.807) is 6.20 Å².